The molecule has 1 aliphatic heterocycles. The molecule has 1 aromatic rings. The molecule has 2 N–H and O–H groups in total. The summed E-state index contributed by atoms with van der Waals surface area (Å²) >= 11 is 0. The number of amidine groups is 1. The largest absolute Gasteiger partial charge is 0.379 e. The highest BCUT2D eigenvalue weighted by Crippen LogP contribution is 2.34. The zero-order valence-electron chi connectivity index (χ0n) is 13.5. The third-order valence-electron chi connectivity index (χ3n) is 4.31. The van der Waals surface area contributed by atoms with Crippen molar-refractivity contribution in [2.24, 2.45) is 22.7 Å². The van der Waals surface area contributed by atoms with Crippen molar-refractivity contribution < 1.29 is 19.2 Å². The van der Waals surface area contributed by atoms with E-state index in [1.54, 1.807) is 24.4 Å². The van der Waals surface area contributed by atoms with Crippen LogP contribution in [0.4, 0.5) is 0 Å². The molecule has 2 atom stereocenters. The third kappa shape index (κ3) is 3.57. The van der Waals surface area contributed by atoms with Crippen molar-refractivity contribution in [3.05, 3.63) is 42.2 Å². The van der Waals surface area contributed by atoms with E-state index in [4.69, 9.17) is 10.6 Å². The van der Waals surface area contributed by atoms with Gasteiger partial charge in [0.1, 0.15) is 5.69 Å². The summed E-state index contributed by atoms with van der Waals surface area (Å²) in [6.45, 7) is -0.0114. The van der Waals surface area contributed by atoms with Crippen LogP contribution in [0.5, 0.6) is 0 Å². The number of nitrogens with zero attached hydrogens (tertiary/aromatic N) is 3. The number of carbonyl (C=O) groups is 3. The Morgan fingerprint density at radius 1 is 1.24 bits per heavy atom. The Hall–Kier alpha value is -3.03. The van der Waals surface area contributed by atoms with Crippen LogP contribution in [-0.2, 0) is 19.2 Å². The summed E-state index contributed by atoms with van der Waals surface area (Å²) in [5.74, 6) is -1.74. The average Bonchev–Trinajstić information content (AvgIpc) is 2.89. The minimum Gasteiger partial charge on any atom is -0.379 e. The summed E-state index contributed by atoms with van der Waals surface area (Å²) in [4.78, 5) is 46.2. The van der Waals surface area contributed by atoms with E-state index in [0.717, 1.165) is 4.90 Å². The molecular formula is C17H18N4O4. The number of hydrogen-bond donors (Lipinski definition) is 1. The maximum Gasteiger partial charge on any atom is 0.336 e. The highest BCUT2D eigenvalue weighted by molar-refractivity contribution is 6.05. The Kier molecular flexibility index (Phi) is 4.87. The van der Waals surface area contributed by atoms with Crippen molar-refractivity contribution >= 4 is 23.6 Å². The summed E-state index contributed by atoms with van der Waals surface area (Å²) in [7, 11) is 0. The SMILES string of the molecule is N/C(=N/OC(=O)CCN1C(=O)[C@@H]2CC=CC[C@H]2C1=O)c1ccccn1. The molecule has 0 radical (unpaired) electrons. The Morgan fingerprint density at radius 2 is 1.92 bits per heavy atom. The van der Waals surface area contributed by atoms with Crippen molar-refractivity contribution in [1.82, 2.24) is 9.88 Å². The number of amides is 2. The number of rotatable bonds is 5. The Balaban J connectivity index is 1.53. The van der Waals surface area contributed by atoms with E-state index in [1.165, 1.54) is 0 Å². The van der Waals surface area contributed by atoms with E-state index in [9.17, 15) is 14.4 Å². The van der Waals surface area contributed by atoms with Crippen LogP contribution in [0.3, 0.4) is 0 Å². The van der Waals surface area contributed by atoms with Crippen molar-refractivity contribution in [1.29, 1.82) is 0 Å². The average molecular weight is 342 g/mol. The minimum absolute atomic E-state index is 0.0114. The van der Waals surface area contributed by atoms with Gasteiger partial charge in [-0.3, -0.25) is 19.5 Å². The van der Waals surface area contributed by atoms with Gasteiger partial charge in [0, 0.05) is 12.7 Å². The highest BCUT2D eigenvalue weighted by atomic mass is 16.7. The fourth-order valence-corrected chi connectivity index (χ4v) is 3.00. The number of fused-ring (bicyclic) bond motifs is 1. The van der Waals surface area contributed by atoms with Crippen molar-refractivity contribution in [3.63, 3.8) is 0 Å². The summed E-state index contributed by atoms with van der Waals surface area (Å²) in [5.41, 5.74) is 6.06. The molecule has 0 bridgehead atoms. The molecule has 0 spiro atoms. The molecule has 0 unspecified atom stereocenters. The molecule has 0 aromatic carbocycles. The number of allylic oxidation sites excluding steroid dienone is 2. The van der Waals surface area contributed by atoms with Crippen molar-refractivity contribution in [2.75, 3.05) is 6.54 Å². The first-order chi connectivity index (χ1) is 12.1. The molecule has 25 heavy (non-hydrogen) atoms. The topological polar surface area (TPSA) is 115 Å². The summed E-state index contributed by atoms with van der Waals surface area (Å²) in [6, 6.07) is 5.08. The second kappa shape index (κ2) is 7.25. The zero-order valence-corrected chi connectivity index (χ0v) is 13.5. The van der Waals surface area contributed by atoms with Crippen LogP contribution in [-0.4, -0.2) is 40.0 Å². The van der Waals surface area contributed by atoms with Crippen molar-refractivity contribution in [2.45, 2.75) is 19.3 Å². The number of aromatic nitrogens is 1. The Bertz CT molecular complexity index is 718. The van der Waals surface area contributed by atoms with Crippen LogP contribution in [0.1, 0.15) is 25.0 Å². The van der Waals surface area contributed by atoms with Gasteiger partial charge in [0.2, 0.25) is 11.8 Å². The van der Waals surface area contributed by atoms with Gasteiger partial charge in [-0.1, -0.05) is 23.4 Å². The lowest BCUT2D eigenvalue weighted by Crippen LogP contribution is -2.33. The maximum absolute atomic E-state index is 12.3. The van der Waals surface area contributed by atoms with Gasteiger partial charge in [-0.15, -0.1) is 0 Å². The molecule has 1 aromatic heterocycles. The van der Waals surface area contributed by atoms with Crippen LogP contribution in [0, 0.1) is 11.8 Å². The maximum atomic E-state index is 12.3. The molecule has 8 heteroatoms. The molecule has 2 heterocycles. The second-order valence-electron chi connectivity index (χ2n) is 5.89. The van der Waals surface area contributed by atoms with E-state index in [1.807, 2.05) is 12.2 Å². The van der Waals surface area contributed by atoms with Crippen molar-refractivity contribution in [3.8, 4) is 0 Å². The molecule has 2 amide bonds. The molecule has 1 fully saturated rings. The third-order valence-corrected chi connectivity index (χ3v) is 4.31. The summed E-state index contributed by atoms with van der Waals surface area (Å²) < 4.78 is 0. The predicted molar refractivity (Wildman–Crippen MR) is 87.7 cm³/mol. The quantitative estimate of drug-likeness (QED) is 0.209. The molecule has 2 aliphatic rings. The fraction of sp³-hybridized carbons (Fsp3) is 0.353. The molecule has 3 rings (SSSR count). The van der Waals surface area contributed by atoms with Crippen LogP contribution < -0.4 is 5.73 Å². The lowest BCUT2D eigenvalue weighted by atomic mass is 9.85. The monoisotopic (exact) mass is 342 g/mol. The number of oxime groups is 1. The first-order valence-corrected chi connectivity index (χ1v) is 8.03. The zero-order chi connectivity index (χ0) is 17.8. The number of pyridine rings is 1. The minimum atomic E-state index is -0.674. The number of imide groups is 1. The van der Waals surface area contributed by atoms with Gasteiger partial charge in [0.05, 0.1) is 18.3 Å². The second-order valence-corrected chi connectivity index (χ2v) is 5.89. The number of likely N-dealkylation sites (tertiary alicyclic amines) is 1. The van der Waals surface area contributed by atoms with Gasteiger partial charge in [0.25, 0.3) is 0 Å². The van der Waals surface area contributed by atoms with Gasteiger partial charge < -0.3 is 10.6 Å². The lowest BCUT2D eigenvalue weighted by Gasteiger charge is -2.14. The first kappa shape index (κ1) is 16.8. The Morgan fingerprint density at radius 3 is 2.52 bits per heavy atom. The number of hydrogen-bond acceptors (Lipinski definition) is 6. The number of carbonyl (C=O) groups excluding carboxylic acids is 3. The summed E-state index contributed by atoms with van der Waals surface area (Å²) in [5, 5.41) is 3.53. The molecule has 8 nitrogen and oxygen atoms in total. The van der Waals surface area contributed by atoms with Gasteiger partial charge in [-0.05, 0) is 25.0 Å². The van der Waals surface area contributed by atoms with E-state index in [0.29, 0.717) is 18.5 Å². The first-order valence-electron chi connectivity index (χ1n) is 8.03. The molecular weight excluding hydrogens is 324 g/mol. The van der Waals surface area contributed by atoms with Gasteiger partial charge in [-0.2, -0.15) is 0 Å². The van der Waals surface area contributed by atoms with E-state index in [2.05, 4.69) is 10.1 Å². The van der Waals surface area contributed by atoms with Gasteiger partial charge >= 0.3 is 5.97 Å². The summed E-state index contributed by atoms with van der Waals surface area (Å²) in [6.07, 6.45) is 6.38. The van der Waals surface area contributed by atoms with E-state index < -0.39 is 5.97 Å². The van der Waals surface area contributed by atoms with E-state index >= 15 is 0 Å². The predicted octanol–water partition coefficient (Wildman–Crippen LogP) is 0.586. The standard InChI is InChI=1S/C17H18N4O4/c18-15(13-7-3-4-9-19-13)20-25-14(22)8-10-21-16(23)11-5-1-2-6-12(11)17(21)24/h1-4,7,9,11-12H,5-6,8,10H2,(H2,18,20)/t11-,12-/m1/s1. The smallest absolute Gasteiger partial charge is 0.336 e. The van der Waals surface area contributed by atoms with Crippen LogP contribution in [0.15, 0.2) is 41.7 Å². The van der Waals surface area contributed by atoms with Crippen LogP contribution in [0.25, 0.3) is 0 Å². The molecule has 1 aliphatic carbocycles. The fourth-order valence-electron chi connectivity index (χ4n) is 3.00. The van der Waals surface area contributed by atoms with Crippen LogP contribution >= 0.6 is 0 Å². The lowest BCUT2D eigenvalue weighted by molar-refractivity contribution is -0.145. The normalized spacial score (nSPS) is 22.9. The van der Waals surface area contributed by atoms with Gasteiger partial charge in [0.15, 0.2) is 5.84 Å². The molecule has 130 valence electrons. The van der Waals surface area contributed by atoms with Gasteiger partial charge in [-0.25, -0.2) is 4.79 Å². The van der Waals surface area contributed by atoms with E-state index in [-0.39, 0.29) is 42.5 Å². The van der Waals surface area contributed by atoms with Crippen LogP contribution in [0.2, 0.25) is 0 Å². The Labute approximate surface area is 144 Å². The molecule has 1 saturated heterocycles. The molecule has 0 saturated carbocycles. The highest BCUT2D eigenvalue weighted by Gasteiger charge is 2.46. The number of nitrogens with two attached hydrogens (primary N) is 1.